The van der Waals surface area contributed by atoms with E-state index in [1.54, 1.807) is 6.07 Å². The molecule has 2 rings (SSSR count). The number of hydrogen-bond acceptors (Lipinski definition) is 3. The summed E-state index contributed by atoms with van der Waals surface area (Å²) in [7, 11) is 1.40. The molecular weight excluding hydrogens is 214 g/mol. The van der Waals surface area contributed by atoms with Crippen LogP contribution in [0.2, 0.25) is 0 Å². The van der Waals surface area contributed by atoms with Gasteiger partial charge in [0.05, 0.1) is 12.7 Å². The van der Waals surface area contributed by atoms with Gasteiger partial charge < -0.3 is 10.1 Å². The maximum absolute atomic E-state index is 11.4. The lowest BCUT2D eigenvalue weighted by Gasteiger charge is -2.15. The topological polar surface area (TPSA) is 38.3 Å². The molecule has 0 spiro atoms. The van der Waals surface area contributed by atoms with Gasteiger partial charge in [0.15, 0.2) is 0 Å². The number of piperidine rings is 1. The zero-order valence-corrected chi connectivity index (χ0v) is 10.0. The highest BCUT2D eigenvalue weighted by molar-refractivity contribution is 5.90. The van der Waals surface area contributed by atoms with Crippen LogP contribution in [0.1, 0.15) is 28.8 Å². The normalized spacial score (nSPS) is 15.5. The second-order valence-corrected chi connectivity index (χ2v) is 4.17. The fourth-order valence-electron chi connectivity index (χ4n) is 2.00. The van der Waals surface area contributed by atoms with E-state index in [1.165, 1.54) is 12.7 Å². The summed E-state index contributed by atoms with van der Waals surface area (Å²) in [5.41, 5.74) is 3.12. The number of rotatable bonds is 2. The van der Waals surface area contributed by atoms with E-state index in [0.29, 0.717) is 5.56 Å². The van der Waals surface area contributed by atoms with Crippen molar-refractivity contribution in [2.24, 2.45) is 0 Å². The van der Waals surface area contributed by atoms with Crippen molar-refractivity contribution in [2.75, 3.05) is 20.2 Å². The maximum Gasteiger partial charge on any atom is 0.337 e. The Bertz CT molecular complexity index is 430. The first-order valence-corrected chi connectivity index (χ1v) is 5.88. The Morgan fingerprint density at radius 1 is 1.35 bits per heavy atom. The summed E-state index contributed by atoms with van der Waals surface area (Å²) >= 11 is 0. The molecule has 1 fully saturated rings. The third kappa shape index (κ3) is 3.17. The van der Waals surface area contributed by atoms with Crippen LogP contribution in [0.25, 0.3) is 6.08 Å². The molecule has 17 heavy (non-hydrogen) atoms. The maximum atomic E-state index is 11.4. The first-order valence-electron chi connectivity index (χ1n) is 5.88. The minimum absolute atomic E-state index is 0.282. The summed E-state index contributed by atoms with van der Waals surface area (Å²) in [5, 5.41) is 3.32. The van der Waals surface area contributed by atoms with Crippen LogP contribution in [0.15, 0.2) is 29.8 Å². The lowest BCUT2D eigenvalue weighted by Crippen LogP contribution is -2.22. The Morgan fingerprint density at radius 2 is 2.12 bits per heavy atom. The highest BCUT2D eigenvalue weighted by Crippen LogP contribution is 2.16. The van der Waals surface area contributed by atoms with Crippen molar-refractivity contribution in [3.05, 3.63) is 41.0 Å². The smallest absolute Gasteiger partial charge is 0.337 e. The van der Waals surface area contributed by atoms with Gasteiger partial charge in [-0.1, -0.05) is 23.8 Å². The number of carbonyl (C=O) groups excluding carboxylic acids is 1. The minimum atomic E-state index is -0.282. The Labute approximate surface area is 101 Å². The first-order chi connectivity index (χ1) is 8.29. The van der Waals surface area contributed by atoms with Crippen LogP contribution in [-0.2, 0) is 4.74 Å². The molecule has 0 atom stereocenters. The highest BCUT2D eigenvalue weighted by atomic mass is 16.5. The number of carbonyl (C=O) groups is 1. The second-order valence-electron chi connectivity index (χ2n) is 4.17. The van der Waals surface area contributed by atoms with Crippen molar-refractivity contribution in [1.29, 1.82) is 0 Å². The molecule has 0 bridgehead atoms. The molecule has 1 aliphatic rings. The number of hydrogen-bond donors (Lipinski definition) is 1. The van der Waals surface area contributed by atoms with Crippen molar-refractivity contribution in [1.82, 2.24) is 5.32 Å². The molecule has 0 unspecified atom stereocenters. The molecule has 3 nitrogen and oxygen atoms in total. The molecule has 0 aliphatic carbocycles. The van der Waals surface area contributed by atoms with Crippen LogP contribution in [0, 0.1) is 0 Å². The SMILES string of the molecule is COC(=O)c1cccc(C=C2CCNCC2)c1. The summed E-state index contributed by atoms with van der Waals surface area (Å²) in [6.45, 7) is 2.09. The van der Waals surface area contributed by atoms with E-state index in [0.717, 1.165) is 31.5 Å². The molecule has 1 aromatic rings. The monoisotopic (exact) mass is 231 g/mol. The Hall–Kier alpha value is -1.61. The van der Waals surface area contributed by atoms with Gasteiger partial charge in [-0.25, -0.2) is 4.79 Å². The fraction of sp³-hybridized carbons (Fsp3) is 0.357. The van der Waals surface area contributed by atoms with Gasteiger partial charge in [0.2, 0.25) is 0 Å². The molecule has 1 N–H and O–H groups in total. The molecule has 90 valence electrons. The molecule has 0 radical (unpaired) electrons. The zero-order valence-electron chi connectivity index (χ0n) is 10.0. The van der Waals surface area contributed by atoms with Crippen molar-refractivity contribution < 1.29 is 9.53 Å². The van der Waals surface area contributed by atoms with Crippen LogP contribution in [0.5, 0.6) is 0 Å². The molecule has 3 heteroatoms. The number of methoxy groups -OCH3 is 1. The van der Waals surface area contributed by atoms with E-state index in [1.807, 2.05) is 18.2 Å². The largest absolute Gasteiger partial charge is 0.465 e. The van der Waals surface area contributed by atoms with Crippen molar-refractivity contribution in [3.63, 3.8) is 0 Å². The van der Waals surface area contributed by atoms with Gasteiger partial charge >= 0.3 is 5.97 Å². The number of nitrogens with one attached hydrogen (secondary N) is 1. The van der Waals surface area contributed by atoms with Gasteiger partial charge in [-0.3, -0.25) is 0 Å². The lowest BCUT2D eigenvalue weighted by molar-refractivity contribution is 0.0600. The summed E-state index contributed by atoms with van der Waals surface area (Å²) in [6.07, 6.45) is 4.35. The molecule has 1 aliphatic heterocycles. The van der Waals surface area contributed by atoms with Crippen LogP contribution in [0.3, 0.4) is 0 Å². The molecule has 0 aromatic heterocycles. The molecule has 0 amide bonds. The third-order valence-electron chi connectivity index (χ3n) is 2.92. The van der Waals surface area contributed by atoms with Gasteiger partial charge in [-0.2, -0.15) is 0 Å². The molecule has 1 heterocycles. The summed E-state index contributed by atoms with van der Waals surface area (Å²) in [4.78, 5) is 11.4. The summed E-state index contributed by atoms with van der Waals surface area (Å²) < 4.78 is 4.71. The Balaban J connectivity index is 2.18. The standard InChI is InChI=1S/C14H17NO2/c1-17-14(16)13-4-2-3-12(10-13)9-11-5-7-15-8-6-11/h2-4,9-10,15H,5-8H2,1H3. The van der Waals surface area contributed by atoms with E-state index >= 15 is 0 Å². The third-order valence-corrected chi connectivity index (χ3v) is 2.92. The molecular formula is C14H17NO2. The van der Waals surface area contributed by atoms with Gasteiger partial charge in [0.1, 0.15) is 0 Å². The van der Waals surface area contributed by atoms with Crippen LogP contribution in [0.4, 0.5) is 0 Å². The van der Waals surface area contributed by atoms with Crippen LogP contribution < -0.4 is 5.32 Å². The average Bonchev–Trinajstić information content (AvgIpc) is 2.39. The molecule has 0 saturated carbocycles. The Kier molecular flexibility index (Phi) is 3.94. The predicted molar refractivity (Wildman–Crippen MR) is 67.9 cm³/mol. The van der Waals surface area contributed by atoms with Crippen molar-refractivity contribution >= 4 is 12.0 Å². The van der Waals surface area contributed by atoms with E-state index in [2.05, 4.69) is 11.4 Å². The number of ether oxygens (including phenoxy) is 1. The lowest BCUT2D eigenvalue weighted by atomic mass is 10.0. The van der Waals surface area contributed by atoms with E-state index in [4.69, 9.17) is 4.74 Å². The van der Waals surface area contributed by atoms with Crippen LogP contribution in [-0.4, -0.2) is 26.2 Å². The zero-order chi connectivity index (χ0) is 12.1. The minimum Gasteiger partial charge on any atom is -0.465 e. The van der Waals surface area contributed by atoms with E-state index < -0.39 is 0 Å². The van der Waals surface area contributed by atoms with Crippen molar-refractivity contribution in [3.8, 4) is 0 Å². The molecule has 1 saturated heterocycles. The highest BCUT2D eigenvalue weighted by Gasteiger charge is 2.07. The predicted octanol–water partition coefficient (Wildman–Crippen LogP) is 2.24. The average molecular weight is 231 g/mol. The quantitative estimate of drug-likeness (QED) is 0.793. The fourth-order valence-corrected chi connectivity index (χ4v) is 2.00. The summed E-state index contributed by atoms with van der Waals surface area (Å²) in [5.74, 6) is -0.282. The number of esters is 1. The van der Waals surface area contributed by atoms with Gasteiger partial charge in [-0.05, 0) is 43.6 Å². The van der Waals surface area contributed by atoms with Gasteiger partial charge in [0, 0.05) is 0 Å². The van der Waals surface area contributed by atoms with Gasteiger partial charge in [-0.15, -0.1) is 0 Å². The van der Waals surface area contributed by atoms with Crippen LogP contribution >= 0.6 is 0 Å². The molecule has 1 aromatic carbocycles. The second kappa shape index (κ2) is 5.64. The Morgan fingerprint density at radius 3 is 2.82 bits per heavy atom. The van der Waals surface area contributed by atoms with E-state index in [-0.39, 0.29) is 5.97 Å². The van der Waals surface area contributed by atoms with Gasteiger partial charge in [0.25, 0.3) is 0 Å². The first kappa shape index (κ1) is 11.9. The van der Waals surface area contributed by atoms with E-state index in [9.17, 15) is 4.79 Å². The summed E-state index contributed by atoms with van der Waals surface area (Å²) in [6, 6.07) is 7.55. The van der Waals surface area contributed by atoms with Crippen molar-refractivity contribution in [2.45, 2.75) is 12.8 Å². The number of benzene rings is 1.